The molecule has 1 heterocycles. The fourth-order valence-electron chi connectivity index (χ4n) is 2.50. The first kappa shape index (κ1) is 20.9. The molecule has 2 N–H and O–H groups in total. The Bertz CT molecular complexity index is 864. The molecule has 27 heavy (non-hydrogen) atoms. The highest BCUT2D eigenvalue weighted by molar-refractivity contribution is 14.0. The predicted octanol–water partition coefficient (Wildman–Crippen LogP) is 3.88. The van der Waals surface area contributed by atoms with Crippen LogP contribution in [0.4, 0.5) is 4.39 Å². The van der Waals surface area contributed by atoms with Crippen LogP contribution in [0.5, 0.6) is 0 Å². The zero-order valence-electron chi connectivity index (χ0n) is 15.1. The lowest BCUT2D eigenvalue weighted by Crippen LogP contribution is -2.36. The highest BCUT2D eigenvalue weighted by Gasteiger charge is 2.03. The highest BCUT2D eigenvalue weighted by Crippen LogP contribution is 2.07. The maximum atomic E-state index is 13.3. The standard InChI is InChI=1S/C20H22FN5.HI/c1-2-22-20(23-14-16-7-6-8-17(21)13-16)24-15-18-11-12-26(25-18)19-9-4-3-5-10-19;/h3-13H,2,14-15H2,1H3,(H2,22,23,24);1H. The summed E-state index contributed by atoms with van der Waals surface area (Å²) in [6, 6.07) is 18.4. The third-order valence-electron chi connectivity index (χ3n) is 3.75. The van der Waals surface area contributed by atoms with Gasteiger partial charge in [-0.05, 0) is 42.8 Å². The summed E-state index contributed by atoms with van der Waals surface area (Å²) in [5.74, 6) is 0.424. The van der Waals surface area contributed by atoms with E-state index in [1.165, 1.54) is 12.1 Å². The lowest BCUT2D eigenvalue weighted by molar-refractivity contribution is 0.625. The molecule has 0 spiro atoms. The largest absolute Gasteiger partial charge is 0.357 e. The van der Waals surface area contributed by atoms with Gasteiger partial charge >= 0.3 is 0 Å². The number of benzene rings is 2. The summed E-state index contributed by atoms with van der Waals surface area (Å²) >= 11 is 0. The molecule has 0 aliphatic heterocycles. The molecule has 2 aromatic carbocycles. The number of hydrogen-bond donors (Lipinski definition) is 2. The van der Waals surface area contributed by atoms with Crippen LogP contribution in [0.25, 0.3) is 5.69 Å². The molecule has 0 fully saturated rings. The fraction of sp³-hybridized carbons (Fsp3) is 0.200. The Kier molecular flexibility index (Phi) is 8.25. The van der Waals surface area contributed by atoms with E-state index in [0.717, 1.165) is 23.5 Å². The molecule has 0 atom stereocenters. The summed E-state index contributed by atoms with van der Waals surface area (Å²) in [5, 5.41) is 11.0. The molecule has 0 unspecified atom stereocenters. The topological polar surface area (TPSA) is 54.2 Å². The molecule has 142 valence electrons. The maximum Gasteiger partial charge on any atom is 0.191 e. The molecule has 0 saturated heterocycles. The van der Waals surface area contributed by atoms with Gasteiger partial charge in [0.15, 0.2) is 5.96 Å². The second-order valence-electron chi connectivity index (χ2n) is 5.77. The van der Waals surface area contributed by atoms with Crippen molar-refractivity contribution in [1.82, 2.24) is 20.4 Å². The van der Waals surface area contributed by atoms with Crippen molar-refractivity contribution < 1.29 is 4.39 Å². The number of nitrogens with one attached hydrogen (secondary N) is 2. The molecule has 7 heteroatoms. The normalized spacial score (nSPS) is 11.0. The van der Waals surface area contributed by atoms with Crippen LogP contribution in [-0.2, 0) is 13.1 Å². The summed E-state index contributed by atoms with van der Waals surface area (Å²) in [5.41, 5.74) is 2.76. The molecule has 3 aromatic rings. The number of aliphatic imine (C=N–C) groups is 1. The average Bonchev–Trinajstić information content (AvgIpc) is 3.14. The summed E-state index contributed by atoms with van der Waals surface area (Å²) < 4.78 is 15.1. The minimum Gasteiger partial charge on any atom is -0.357 e. The van der Waals surface area contributed by atoms with E-state index in [0.29, 0.717) is 19.0 Å². The second-order valence-corrected chi connectivity index (χ2v) is 5.77. The van der Waals surface area contributed by atoms with Gasteiger partial charge in [-0.3, -0.25) is 0 Å². The SMILES string of the molecule is CCNC(=NCc1cccc(F)c1)NCc1ccn(-c2ccccc2)n1.I. The Morgan fingerprint density at radius 1 is 1.07 bits per heavy atom. The average molecular weight is 479 g/mol. The third kappa shape index (κ3) is 6.35. The van der Waals surface area contributed by atoms with E-state index >= 15 is 0 Å². The molecule has 0 bridgehead atoms. The molecule has 0 saturated carbocycles. The first-order chi connectivity index (χ1) is 12.7. The summed E-state index contributed by atoms with van der Waals surface area (Å²) in [4.78, 5) is 4.50. The van der Waals surface area contributed by atoms with E-state index in [1.54, 1.807) is 6.07 Å². The molecular weight excluding hydrogens is 456 g/mol. The Morgan fingerprint density at radius 3 is 2.63 bits per heavy atom. The van der Waals surface area contributed by atoms with Crippen molar-refractivity contribution >= 4 is 29.9 Å². The Hall–Kier alpha value is -2.42. The first-order valence-corrected chi connectivity index (χ1v) is 8.61. The van der Waals surface area contributed by atoms with Crippen molar-refractivity contribution in [2.45, 2.75) is 20.0 Å². The Labute approximate surface area is 175 Å². The predicted molar refractivity (Wildman–Crippen MR) is 117 cm³/mol. The van der Waals surface area contributed by atoms with Crippen molar-refractivity contribution in [3.63, 3.8) is 0 Å². The lowest BCUT2D eigenvalue weighted by atomic mass is 10.2. The van der Waals surface area contributed by atoms with Crippen LogP contribution >= 0.6 is 24.0 Å². The fourth-order valence-corrected chi connectivity index (χ4v) is 2.50. The van der Waals surface area contributed by atoms with Crippen LogP contribution in [-0.4, -0.2) is 22.3 Å². The molecule has 3 rings (SSSR count). The van der Waals surface area contributed by atoms with Crippen LogP contribution in [0.2, 0.25) is 0 Å². The highest BCUT2D eigenvalue weighted by atomic mass is 127. The number of nitrogens with zero attached hydrogens (tertiary/aromatic N) is 3. The van der Waals surface area contributed by atoms with Gasteiger partial charge in [-0.1, -0.05) is 30.3 Å². The van der Waals surface area contributed by atoms with Gasteiger partial charge in [0, 0.05) is 12.7 Å². The lowest BCUT2D eigenvalue weighted by Gasteiger charge is -2.10. The van der Waals surface area contributed by atoms with Crippen molar-refractivity contribution in [2.75, 3.05) is 6.54 Å². The molecule has 0 radical (unpaired) electrons. The number of para-hydroxylation sites is 1. The van der Waals surface area contributed by atoms with Crippen LogP contribution in [0.1, 0.15) is 18.2 Å². The van der Waals surface area contributed by atoms with Crippen LogP contribution in [0.15, 0.2) is 71.9 Å². The van der Waals surface area contributed by atoms with Gasteiger partial charge in [0.2, 0.25) is 0 Å². The summed E-state index contributed by atoms with van der Waals surface area (Å²) in [6.45, 7) is 3.71. The van der Waals surface area contributed by atoms with Crippen LogP contribution < -0.4 is 10.6 Å². The summed E-state index contributed by atoms with van der Waals surface area (Å²) in [7, 11) is 0. The molecule has 5 nitrogen and oxygen atoms in total. The molecule has 0 amide bonds. The van der Waals surface area contributed by atoms with Gasteiger partial charge in [0.1, 0.15) is 5.82 Å². The number of rotatable bonds is 6. The minimum atomic E-state index is -0.248. The van der Waals surface area contributed by atoms with Gasteiger partial charge in [-0.25, -0.2) is 14.1 Å². The number of halogens is 2. The van der Waals surface area contributed by atoms with E-state index in [-0.39, 0.29) is 29.8 Å². The van der Waals surface area contributed by atoms with Gasteiger partial charge in [-0.2, -0.15) is 5.10 Å². The van der Waals surface area contributed by atoms with Gasteiger partial charge in [-0.15, -0.1) is 24.0 Å². The van der Waals surface area contributed by atoms with Crippen molar-refractivity contribution in [3.05, 3.63) is 83.9 Å². The zero-order valence-corrected chi connectivity index (χ0v) is 17.4. The molecule has 1 aromatic heterocycles. The smallest absolute Gasteiger partial charge is 0.191 e. The zero-order chi connectivity index (χ0) is 18.2. The van der Waals surface area contributed by atoms with Crippen molar-refractivity contribution in [1.29, 1.82) is 0 Å². The van der Waals surface area contributed by atoms with E-state index in [1.807, 2.05) is 60.3 Å². The van der Waals surface area contributed by atoms with E-state index in [9.17, 15) is 4.39 Å². The van der Waals surface area contributed by atoms with Crippen molar-refractivity contribution in [2.24, 2.45) is 4.99 Å². The quantitative estimate of drug-likeness (QED) is 0.321. The second kappa shape index (κ2) is 10.7. The summed E-state index contributed by atoms with van der Waals surface area (Å²) in [6.07, 6.45) is 1.93. The third-order valence-corrected chi connectivity index (χ3v) is 3.75. The van der Waals surface area contributed by atoms with Gasteiger partial charge in [0.05, 0.1) is 24.5 Å². The Balaban J connectivity index is 0.00000261. The van der Waals surface area contributed by atoms with E-state index in [2.05, 4.69) is 20.7 Å². The number of aromatic nitrogens is 2. The number of hydrogen-bond acceptors (Lipinski definition) is 2. The van der Waals surface area contributed by atoms with Gasteiger partial charge in [0.25, 0.3) is 0 Å². The van der Waals surface area contributed by atoms with E-state index in [4.69, 9.17) is 0 Å². The molecule has 0 aliphatic carbocycles. The monoisotopic (exact) mass is 479 g/mol. The molecular formula is C20H23FIN5. The first-order valence-electron chi connectivity index (χ1n) is 8.61. The minimum absolute atomic E-state index is 0. The number of guanidine groups is 1. The Morgan fingerprint density at radius 2 is 1.89 bits per heavy atom. The van der Waals surface area contributed by atoms with Gasteiger partial charge < -0.3 is 10.6 Å². The maximum absolute atomic E-state index is 13.3. The molecule has 0 aliphatic rings. The van der Waals surface area contributed by atoms with Crippen LogP contribution in [0.3, 0.4) is 0 Å². The van der Waals surface area contributed by atoms with Crippen molar-refractivity contribution in [3.8, 4) is 5.69 Å². The van der Waals surface area contributed by atoms with E-state index < -0.39 is 0 Å². The van der Waals surface area contributed by atoms with Crippen LogP contribution in [0, 0.1) is 5.82 Å².